The number of hydrogen-bond acceptors (Lipinski definition) is 1. The van der Waals surface area contributed by atoms with Crippen molar-refractivity contribution in [2.75, 3.05) is 4.90 Å². The first-order valence-corrected chi connectivity index (χ1v) is 25.5. The lowest BCUT2D eigenvalue weighted by Gasteiger charge is -2.40. The average Bonchev–Trinajstić information content (AvgIpc) is 3.23. The van der Waals surface area contributed by atoms with E-state index in [0.717, 1.165) is 99.8 Å². The first kappa shape index (κ1) is 37.3. The Balaban J connectivity index is 1.05. The van der Waals surface area contributed by atoms with E-state index in [9.17, 15) is 5.48 Å². The van der Waals surface area contributed by atoms with Crippen LogP contribution >= 0.6 is 0 Å². The van der Waals surface area contributed by atoms with E-state index >= 15 is 0 Å². The van der Waals surface area contributed by atoms with E-state index in [4.69, 9.17) is 0 Å². The van der Waals surface area contributed by atoms with Crippen LogP contribution in [0.2, 0.25) is 0 Å². The van der Waals surface area contributed by atoms with Gasteiger partial charge >= 0.3 is 0 Å². The summed E-state index contributed by atoms with van der Waals surface area (Å²) in [7, 11) is 0. The molecule has 3 aliphatic carbocycles. The molecule has 74 heavy (non-hydrogen) atoms. The highest BCUT2D eigenvalue weighted by Crippen LogP contribution is 2.64. The van der Waals surface area contributed by atoms with Gasteiger partial charge in [-0.3, -0.25) is 0 Å². The van der Waals surface area contributed by atoms with E-state index in [2.05, 4.69) is 264 Å². The van der Waals surface area contributed by atoms with Crippen LogP contribution in [0, 0.1) is 0 Å². The molecule has 12 aromatic carbocycles. The minimum Gasteiger partial charge on any atom is -0.310 e. The summed E-state index contributed by atoms with van der Waals surface area (Å²) in [6, 6.07) is 90.8. The molecule has 344 valence electrons. The van der Waals surface area contributed by atoms with Crippen molar-refractivity contribution < 1.29 is 5.48 Å². The second-order valence-corrected chi connectivity index (χ2v) is 19.9. The van der Waals surface area contributed by atoms with Crippen molar-refractivity contribution >= 4 is 49.6 Å². The minimum atomic E-state index is -1.12. The van der Waals surface area contributed by atoms with Crippen molar-refractivity contribution in [3.63, 3.8) is 0 Å². The molecule has 0 amide bonds. The summed E-state index contributed by atoms with van der Waals surface area (Å²) in [6.45, 7) is 0. The van der Waals surface area contributed by atoms with E-state index in [1.165, 1.54) is 22.3 Å². The number of anilines is 3. The third-order valence-corrected chi connectivity index (χ3v) is 16.6. The minimum absolute atomic E-state index is 0.0353. The molecule has 0 aliphatic heterocycles. The molecule has 0 N–H and O–H groups in total. The number of fused-ring (bicyclic) bond motifs is 15. The lowest BCUT2D eigenvalue weighted by Crippen LogP contribution is -2.31. The molecule has 1 aromatic heterocycles. The number of para-hydroxylation sites is 2. The summed E-state index contributed by atoms with van der Waals surface area (Å²) >= 11 is 0. The molecule has 2 nitrogen and oxygen atoms in total. The average molecular weight is 943 g/mol. The van der Waals surface area contributed by atoms with Crippen LogP contribution in [0.1, 0.15) is 50.0 Å². The number of rotatable bonds is 6. The first-order valence-electron chi connectivity index (χ1n) is 27.5. The third-order valence-electron chi connectivity index (χ3n) is 16.6. The first-order chi connectivity index (χ1) is 38.4. The molecule has 2 heteroatoms. The van der Waals surface area contributed by atoms with Crippen LogP contribution < -0.4 is 4.90 Å². The molecular weight excluding hydrogens is 893 g/mol. The summed E-state index contributed by atoms with van der Waals surface area (Å²) in [5.74, 6) is 0. The van der Waals surface area contributed by atoms with E-state index in [-0.39, 0.29) is 24.2 Å². The Bertz CT molecular complexity index is 4640. The van der Waals surface area contributed by atoms with Gasteiger partial charge in [0.1, 0.15) is 0 Å². The Hall–Kier alpha value is -9.50. The summed E-state index contributed by atoms with van der Waals surface area (Å²) in [4.78, 5) is 2.37. The fraction of sp³-hybridized carbons (Fsp3) is 0.0278. The van der Waals surface area contributed by atoms with Crippen LogP contribution in [0.5, 0.6) is 0 Å². The van der Waals surface area contributed by atoms with Crippen molar-refractivity contribution in [1.29, 1.82) is 0 Å². The fourth-order valence-electron chi connectivity index (χ4n) is 13.8. The Kier molecular flexibility index (Phi) is 7.81. The quantitative estimate of drug-likeness (QED) is 0.161. The molecule has 1 heterocycles. The highest BCUT2D eigenvalue weighted by atomic mass is 15.1. The summed E-state index contributed by atoms with van der Waals surface area (Å²) in [5.41, 5.74) is 18.1. The highest BCUT2D eigenvalue weighted by molar-refractivity contribution is 6.12. The SMILES string of the molecule is [2H]c1c([2H])c([2H])c2c(c1[2H])-c1c(N(c3ccc4c(c3)C(c3ccccc3)(c3ccccc3)c3ccccc3-4)c3ccc4c(c3)c3ccccc3n4-c3ccccc3)cccc1C21c2ccccc2-c2cccc3cccc1c23. The zero-order valence-corrected chi connectivity index (χ0v) is 40.1. The van der Waals surface area contributed by atoms with Crippen molar-refractivity contribution in [3.8, 4) is 39.1 Å². The van der Waals surface area contributed by atoms with Crippen molar-refractivity contribution in [2.24, 2.45) is 0 Å². The van der Waals surface area contributed by atoms with Crippen molar-refractivity contribution in [1.82, 2.24) is 4.57 Å². The molecule has 16 rings (SSSR count). The van der Waals surface area contributed by atoms with Crippen LogP contribution in [-0.2, 0) is 10.8 Å². The third kappa shape index (κ3) is 5.33. The lowest BCUT2D eigenvalue weighted by atomic mass is 9.61. The highest BCUT2D eigenvalue weighted by Gasteiger charge is 2.51. The normalized spacial score (nSPS) is 15.9. The number of aromatic nitrogens is 1. The Morgan fingerprint density at radius 1 is 0.351 bits per heavy atom. The fourth-order valence-corrected chi connectivity index (χ4v) is 13.8. The van der Waals surface area contributed by atoms with Crippen LogP contribution in [0.25, 0.3) is 71.6 Å². The zero-order chi connectivity index (χ0) is 52.0. The van der Waals surface area contributed by atoms with Gasteiger partial charge in [-0.25, -0.2) is 0 Å². The molecule has 0 saturated carbocycles. The van der Waals surface area contributed by atoms with Crippen molar-refractivity contribution in [3.05, 3.63) is 323 Å². The monoisotopic (exact) mass is 942 g/mol. The van der Waals surface area contributed by atoms with Crippen LogP contribution in [0.15, 0.2) is 279 Å². The molecule has 0 fully saturated rings. The smallest absolute Gasteiger partial charge is 0.0726 e. The van der Waals surface area contributed by atoms with Gasteiger partial charge in [0, 0.05) is 33.4 Å². The number of nitrogens with zero attached hydrogens (tertiary/aromatic N) is 2. The Morgan fingerprint density at radius 3 is 1.69 bits per heavy atom. The second kappa shape index (κ2) is 15.5. The number of benzene rings is 12. The topological polar surface area (TPSA) is 8.17 Å². The van der Waals surface area contributed by atoms with Gasteiger partial charge in [-0.2, -0.15) is 0 Å². The van der Waals surface area contributed by atoms with E-state index in [1.54, 1.807) is 0 Å². The van der Waals surface area contributed by atoms with E-state index < -0.39 is 10.8 Å². The lowest BCUT2D eigenvalue weighted by molar-refractivity contribution is 0.768. The largest absolute Gasteiger partial charge is 0.310 e. The van der Waals surface area contributed by atoms with Crippen LogP contribution in [0.3, 0.4) is 0 Å². The van der Waals surface area contributed by atoms with Gasteiger partial charge in [0.25, 0.3) is 0 Å². The molecule has 0 radical (unpaired) electrons. The van der Waals surface area contributed by atoms with E-state index in [1.807, 2.05) is 0 Å². The van der Waals surface area contributed by atoms with Gasteiger partial charge in [0.15, 0.2) is 0 Å². The predicted molar refractivity (Wildman–Crippen MR) is 307 cm³/mol. The summed E-state index contributed by atoms with van der Waals surface area (Å²) < 4.78 is 41.6. The molecule has 0 bridgehead atoms. The van der Waals surface area contributed by atoms with Gasteiger partial charge < -0.3 is 9.47 Å². The molecule has 1 spiro atoms. The molecular formula is C72H46N2. The molecule has 3 aliphatic rings. The predicted octanol–water partition coefficient (Wildman–Crippen LogP) is 18.1. The standard InChI is InChI=1S/C72H46N2/c1-4-23-48(24-5-1)71(49-25-6-2-7-26-49)60-34-14-10-29-53(60)55-43-41-52(46-65(55)71)73(51-42-44-67-59(45-51)56-31-13-17-39-66(56)74(67)50-27-8-3-9-28-50)68-40-20-38-64-70(68)58-32-12-16-36-62(58)72(64)61-35-15-11-30-54(61)57-33-18-21-47-22-19-37-63(72)69(47)57/h1-46H/i12D,16D,32D,36D. The second-order valence-electron chi connectivity index (χ2n) is 19.9. The number of hydrogen-bond donors (Lipinski definition) is 0. The van der Waals surface area contributed by atoms with Crippen LogP contribution in [0.4, 0.5) is 17.1 Å². The van der Waals surface area contributed by atoms with Gasteiger partial charge in [-0.1, -0.05) is 224 Å². The van der Waals surface area contributed by atoms with Crippen LogP contribution in [-0.4, -0.2) is 4.57 Å². The van der Waals surface area contributed by atoms with E-state index in [0.29, 0.717) is 11.1 Å². The molecule has 1 unspecified atom stereocenters. The van der Waals surface area contributed by atoms with Gasteiger partial charge in [0.2, 0.25) is 0 Å². The molecule has 1 atom stereocenters. The molecule has 13 aromatic rings. The molecule has 0 saturated heterocycles. The maximum absolute atomic E-state index is 10.2. The maximum Gasteiger partial charge on any atom is 0.0726 e. The van der Waals surface area contributed by atoms with Crippen molar-refractivity contribution in [2.45, 2.75) is 10.8 Å². The van der Waals surface area contributed by atoms with Gasteiger partial charge in [-0.05, 0) is 138 Å². The van der Waals surface area contributed by atoms with Gasteiger partial charge in [-0.15, -0.1) is 0 Å². The zero-order valence-electron chi connectivity index (χ0n) is 44.1. The summed E-state index contributed by atoms with van der Waals surface area (Å²) in [5, 5.41) is 4.37. The summed E-state index contributed by atoms with van der Waals surface area (Å²) in [6.07, 6.45) is 0. The Morgan fingerprint density at radius 2 is 0.905 bits per heavy atom. The Labute approximate surface area is 436 Å². The maximum atomic E-state index is 10.2. The van der Waals surface area contributed by atoms with Gasteiger partial charge in [0.05, 0.1) is 33.0 Å².